The first-order valence-electron chi connectivity index (χ1n) is 6.82. The van der Waals surface area contributed by atoms with Crippen molar-refractivity contribution in [1.82, 2.24) is 0 Å². The number of rotatable bonds is 5. The number of benzene rings is 2. The zero-order valence-electron chi connectivity index (χ0n) is 12.2. The van der Waals surface area contributed by atoms with Gasteiger partial charge in [0.2, 0.25) is 0 Å². The number of carbonyl (C=O) groups excluding carboxylic acids is 1. The maximum Gasteiger partial charge on any atom is 0.262 e. The van der Waals surface area contributed by atoms with Gasteiger partial charge in [-0.25, -0.2) is 0 Å². The summed E-state index contributed by atoms with van der Waals surface area (Å²) in [7, 11) is 0. The molecule has 1 unspecified atom stereocenters. The number of hydrogen-bond acceptors (Lipinski definition) is 3. The number of hydrogen-bond donors (Lipinski definition) is 2. The summed E-state index contributed by atoms with van der Waals surface area (Å²) in [6.07, 6.45) is -0.515. The first-order valence-corrected chi connectivity index (χ1v) is 6.82. The lowest BCUT2D eigenvalue weighted by atomic mass is 10.1. The Morgan fingerprint density at radius 2 is 1.95 bits per heavy atom. The summed E-state index contributed by atoms with van der Waals surface area (Å²) in [5, 5.41) is 12.3. The van der Waals surface area contributed by atoms with Gasteiger partial charge in [-0.3, -0.25) is 4.79 Å². The predicted octanol–water partition coefficient (Wildman–Crippen LogP) is 3.07. The fraction of sp³-hybridized carbons (Fsp3) is 0.235. The summed E-state index contributed by atoms with van der Waals surface area (Å²) < 4.78 is 5.51. The Kier molecular flexibility index (Phi) is 4.95. The molecule has 2 aromatic rings. The Bertz CT molecular complexity index is 609. The van der Waals surface area contributed by atoms with Crippen LogP contribution in [0, 0.1) is 6.92 Å². The number of nitrogens with one attached hydrogen (secondary N) is 1. The molecular weight excluding hydrogens is 266 g/mol. The van der Waals surface area contributed by atoms with Crippen molar-refractivity contribution in [3.8, 4) is 5.75 Å². The van der Waals surface area contributed by atoms with E-state index in [1.165, 1.54) is 0 Å². The molecule has 2 N–H and O–H groups in total. The molecule has 4 heteroatoms. The highest BCUT2D eigenvalue weighted by Gasteiger charge is 2.07. The van der Waals surface area contributed by atoms with E-state index in [0.717, 1.165) is 16.8 Å². The number of aliphatic hydroxyl groups is 1. The summed E-state index contributed by atoms with van der Waals surface area (Å²) in [5.41, 5.74) is 2.46. The molecule has 0 aliphatic carbocycles. The molecule has 0 heterocycles. The lowest BCUT2D eigenvalue weighted by Gasteiger charge is -2.12. The van der Waals surface area contributed by atoms with Gasteiger partial charge in [0.05, 0.1) is 6.10 Å². The lowest BCUT2D eigenvalue weighted by Crippen LogP contribution is -2.20. The van der Waals surface area contributed by atoms with Gasteiger partial charge in [0.25, 0.3) is 5.91 Å². The first-order chi connectivity index (χ1) is 10.1. The Labute approximate surface area is 124 Å². The minimum atomic E-state index is -0.515. The van der Waals surface area contributed by atoms with Gasteiger partial charge in [0, 0.05) is 5.69 Å². The second kappa shape index (κ2) is 6.90. The Morgan fingerprint density at radius 3 is 2.57 bits per heavy atom. The second-order valence-electron chi connectivity index (χ2n) is 4.90. The molecule has 1 atom stereocenters. The summed E-state index contributed by atoms with van der Waals surface area (Å²) in [5.74, 6) is 0.433. The number of aryl methyl sites for hydroxylation is 1. The van der Waals surface area contributed by atoms with Gasteiger partial charge in [-0.15, -0.1) is 0 Å². The Balaban J connectivity index is 1.92. The average Bonchev–Trinajstić information content (AvgIpc) is 2.47. The van der Waals surface area contributed by atoms with Crippen LogP contribution in [0.1, 0.15) is 24.2 Å². The summed E-state index contributed by atoms with van der Waals surface area (Å²) in [6.45, 7) is 3.54. The summed E-state index contributed by atoms with van der Waals surface area (Å²) >= 11 is 0. The maximum absolute atomic E-state index is 11.8. The molecule has 21 heavy (non-hydrogen) atoms. The van der Waals surface area contributed by atoms with Crippen LogP contribution in [-0.4, -0.2) is 17.6 Å². The van der Waals surface area contributed by atoms with Crippen molar-refractivity contribution in [1.29, 1.82) is 0 Å². The van der Waals surface area contributed by atoms with E-state index in [0.29, 0.717) is 5.75 Å². The maximum atomic E-state index is 11.8. The first kappa shape index (κ1) is 15.1. The van der Waals surface area contributed by atoms with Crippen LogP contribution in [0.5, 0.6) is 5.75 Å². The molecule has 0 radical (unpaired) electrons. The fourth-order valence-corrected chi connectivity index (χ4v) is 1.96. The van der Waals surface area contributed by atoms with E-state index >= 15 is 0 Å². The van der Waals surface area contributed by atoms with Gasteiger partial charge in [0.15, 0.2) is 6.61 Å². The minimum absolute atomic E-state index is 0.0518. The third-order valence-electron chi connectivity index (χ3n) is 3.10. The quantitative estimate of drug-likeness (QED) is 0.887. The van der Waals surface area contributed by atoms with Crippen LogP contribution in [0.3, 0.4) is 0 Å². The van der Waals surface area contributed by atoms with Crippen LogP contribution in [-0.2, 0) is 4.79 Å². The second-order valence-corrected chi connectivity index (χ2v) is 4.90. The van der Waals surface area contributed by atoms with Crippen LogP contribution < -0.4 is 10.1 Å². The third kappa shape index (κ3) is 4.33. The SMILES string of the molecule is Cc1cc(C(C)O)ccc1OCC(=O)Nc1ccccc1. The molecule has 0 spiro atoms. The lowest BCUT2D eigenvalue weighted by molar-refractivity contribution is -0.118. The van der Waals surface area contributed by atoms with Crippen molar-refractivity contribution in [2.45, 2.75) is 20.0 Å². The Morgan fingerprint density at radius 1 is 1.24 bits per heavy atom. The summed E-state index contributed by atoms with van der Waals surface area (Å²) in [6, 6.07) is 14.7. The highest BCUT2D eigenvalue weighted by molar-refractivity contribution is 5.91. The summed E-state index contributed by atoms with van der Waals surface area (Å²) in [4.78, 5) is 11.8. The number of anilines is 1. The van der Waals surface area contributed by atoms with Gasteiger partial charge in [0.1, 0.15) is 5.75 Å². The predicted molar refractivity (Wildman–Crippen MR) is 82.4 cm³/mol. The molecule has 0 saturated heterocycles. The molecule has 0 saturated carbocycles. The van der Waals surface area contributed by atoms with Gasteiger partial charge >= 0.3 is 0 Å². The molecule has 0 fully saturated rings. The highest BCUT2D eigenvalue weighted by Crippen LogP contribution is 2.22. The topological polar surface area (TPSA) is 58.6 Å². The van der Waals surface area contributed by atoms with Crippen molar-refractivity contribution in [3.05, 3.63) is 59.7 Å². The molecule has 0 aliphatic heterocycles. The smallest absolute Gasteiger partial charge is 0.262 e. The van der Waals surface area contributed by atoms with Gasteiger partial charge in [-0.05, 0) is 49.2 Å². The standard InChI is InChI=1S/C17H19NO3/c1-12-10-14(13(2)19)8-9-16(12)21-11-17(20)18-15-6-4-3-5-7-15/h3-10,13,19H,11H2,1-2H3,(H,18,20). The zero-order chi connectivity index (χ0) is 15.2. The largest absolute Gasteiger partial charge is 0.483 e. The molecule has 2 rings (SSSR count). The van der Waals surface area contributed by atoms with Gasteiger partial charge in [-0.2, -0.15) is 0 Å². The Hall–Kier alpha value is -2.33. The van der Waals surface area contributed by atoms with Crippen LogP contribution in [0.15, 0.2) is 48.5 Å². The molecule has 4 nitrogen and oxygen atoms in total. The number of para-hydroxylation sites is 1. The normalized spacial score (nSPS) is 11.8. The van der Waals surface area contributed by atoms with E-state index < -0.39 is 6.10 Å². The van der Waals surface area contributed by atoms with Gasteiger partial charge in [-0.1, -0.05) is 24.3 Å². The van der Waals surface area contributed by atoms with E-state index in [1.54, 1.807) is 19.1 Å². The van der Waals surface area contributed by atoms with E-state index in [2.05, 4.69) is 5.32 Å². The van der Waals surface area contributed by atoms with Crippen molar-refractivity contribution < 1.29 is 14.6 Å². The van der Waals surface area contributed by atoms with Crippen molar-refractivity contribution in [2.75, 3.05) is 11.9 Å². The third-order valence-corrected chi connectivity index (χ3v) is 3.10. The molecule has 0 bridgehead atoms. The molecule has 1 amide bonds. The van der Waals surface area contributed by atoms with Crippen LogP contribution >= 0.6 is 0 Å². The van der Waals surface area contributed by atoms with Crippen LogP contribution in [0.4, 0.5) is 5.69 Å². The van der Waals surface area contributed by atoms with Gasteiger partial charge < -0.3 is 15.2 Å². The van der Waals surface area contributed by atoms with E-state index in [1.807, 2.05) is 43.3 Å². The monoisotopic (exact) mass is 285 g/mol. The van der Waals surface area contributed by atoms with E-state index in [9.17, 15) is 9.90 Å². The number of aliphatic hydroxyl groups excluding tert-OH is 1. The van der Waals surface area contributed by atoms with E-state index in [-0.39, 0.29) is 12.5 Å². The average molecular weight is 285 g/mol. The van der Waals surface area contributed by atoms with Crippen molar-refractivity contribution in [2.24, 2.45) is 0 Å². The highest BCUT2D eigenvalue weighted by atomic mass is 16.5. The number of amides is 1. The molecule has 2 aromatic carbocycles. The van der Waals surface area contributed by atoms with Crippen LogP contribution in [0.2, 0.25) is 0 Å². The van der Waals surface area contributed by atoms with E-state index in [4.69, 9.17) is 4.74 Å². The minimum Gasteiger partial charge on any atom is -0.483 e. The molecule has 0 aromatic heterocycles. The van der Waals surface area contributed by atoms with Crippen molar-refractivity contribution in [3.63, 3.8) is 0 Å². The molecule has 0 aliphatic rings. The zero-order valence-corrected chi connectivity index (χ0v) is 12.2. The number of carbonyl (C=O) groups is 1. The fourth-order valence-electron chi connectivity index (χ4n) is 1.96. The van der Waals surface area contributed by atoms with Crippen LogP contribution in [0.25, 0.3) is 0 Å². The molecule has 110 valence electrons. The molecular formula is C17H19NO3. The number of ether oxygens (including phenoxy) is 1. The van der Waals surface area contributed by atoms with Crippen molar-refractivity contribution >= 4 is 11.6 Å².